The highest BCUT2D eigenvalue weighted by Crippen LogP contribution is 2.35. The normalized spacial score (nSPS) is 10.1. The number of benzene rings is 3. The number of nitrogens with two attached hydrogens (primary N) is 1. The number of carbonyl (C=O) groups is 1. The van der Waals surface area contributed by atoms with Gasteiger partial charge < -0.3 is 22.0 Å². The molecule has 7 nitrogen and oxygen atoms in total. The molecule has 0 spiro atoms. The maximum atomic E-state index is 12.3. The van der Waals surface area contributed by atoms with Crippen molar-refractivity contribution in [3.63, 3.8) is 0 Å². The van der Waals surface area contributed by atoms with E-state index in [2.05, 4.69) is 18.0 Å². The lowest BCUT2D eigenvalue weighted by Crippen LogP contribution is -3.00. The molecule has 208 valence electrons. The molecule has 2 N–H and O–H groups in total. The van der Waals surface area contributed by atoms with Gasteiger partial charge in [-0.15, -0.1) is 0 Å². The summed E-state index contributed by atoms with van der Waals surface area (Å²) in [5.41, 5.74) is 3.19. The Morgan fingerprint density at radius 3 is 2.26 bits per heavy atom. The molecule has 0 fully saturated rings. The third-order valence-corrected chi connectivity index (χ3v) is 6.25. The smallest absolute Gasteiger partial charge is 1.00 e. The van der Waals surface area contributed by atoms with E-state index in [-0.39, 0.29) is 26.5 Å². The average molecular weight is 611 g/mol. The maximum Gasteiger partial charge on any atom is 1.00 e. The van der Waals surface area contributed by atoms with Crippen molar-refractivity contribution in [1.82, 2.24) is 14.5 Å². The SMILES string of the molecule is CCCN(CCOc1c(Cl)cc(Cl)cc1Cl)C(=O)n1ccnc1.Cc1ccccc1N(N)c1ccccc1.[Cl-].[H+]. The molecule has 1 amide bonds. The lowest BCUT2D eigenvalue weighted by molar-refractivity contribution is -0.0000112. The zero-order valence-corrected chi connectivity index (χ0v) is 24.6. The molecule has 4 rings (SSSR count). The van der Waals surface area contributed by atoms with E-state index in [1.807, 2.05) is 55.5 Å². The zero-order valence-electron chi connectivity index (χ0n) is 22.6. The lowest BCUT2D eigenvalue weighted by Gasteiger charge is -2.22. The summed E-state index contributed by atoms with van der Waals surface area (Å²) in [6, 6.07) is 21.0. The average Bonchev–Trinajstić information content (AvgIpc) is 3.45. The van der Waals surface area contributed by atoms with Gasteiger partial charge in [-0.1, -0.05) is 78.1 Å². The Kier molecular flexibility index (Phi) is 13.4. The summed E-state index contributed by atoms with van der Waals surface area (Å²) >= 11 is 18.0. The fourth-order valence-electron chi connectivity index (χ4n) is 3.59. The first-order valence-corrected chi connectivity index (χ1v) is 13.1. The minimum absolute atomic E-state index is 0. The fourth-order valence-corrected chi connectivity index (χ4v) is 4.52. The molecule has 3 aromatic carbocycles. The number of aromatic nitrogens is 2. The van der Waals surface area contributed by atoms with Gasteiger partial charge in [-0.3, -0.25) is 9.58 Å². The van der Waals surface area contributed by atoms with Gasteiger partial charge in [0.25, 0.3) is 0 Å². The molecule has 0 saturated heterocycles. The highest BCUT2D eigenvalue weighted by Gasteiger charge is 2.15. The predicted molar refractivity (Wildman–Crippen MR) is 157 cm³/mol. The molecule has 0 saturated carbocycles. The van der Waals surface area contributed by atoms with Crippen LogP contribution < -0.4 is 28.0 Å². The van der Waals surface area contributed by atoms with Crippen LogP contribution in [0.2, 0.25) is 15.1 Å². The minimum atomic E-state index is -0.152. The number of nitrogens with zero attached hydrogens (tertiary/aromatic N) is 4. The molecule has 1 heterocycles. The number of amides is 1. The Hall–Kier alpha value is -2.94. The number of hydrazine groups is 1. The van der Waals surface area contributed by atoms with Gasteiger partial charge in [-0.25, -0.2) is 15.6 Å². The van der Waals surface area contributed by atoms with E-state index in [4.69, 9.17) is 45.4 Å². The van der Waals surface area contributed by atoms with E-state index in [1.54, 1.807) is 34.4 Å². The number of ether oxygens (including phenoxy) is 1. The first-order valence-electron chi connectivity index (χ1n) is 12.0. The van der Waals surface area contributed by atoms with Gasteiger partial charge >= 0.3 is 7.46 Å². The molecule has 0 radical (unpaired) electrons. The van der Waals surface area contributed by atoms with Crippen LogP contribution in [0.3, 0.4) is 0 Å². The van der Waals surface area contributed by atoms with Crippen molar-refractivity contribution in [2.45, 2.75) is 20.3 Å². The molecular formula is C28H31Cl4N5O2. The topological polar surface area (TPSA) is 76.6 Å². The van der Waals surface area contributed by atoms with Gasteiger partial charge in [0.05, 0.1) is 28.0 Å². The third-order valence-electron chi connectivity index (χ3n) is 5.47. The van der Waals surface area contributed by atoms with Gasteiger partial charge in [0.15, 0.2) is 5.75 Å². The van der Waals surface area contributed by atoms with Crippen molar-refractivity contribution in [2.24, 2.45) is 5.84 Å². The van der Waals surface area contributed by atoms with Gasteiger partial charge in [-0.2, -0.15) is 0 Å². The van der Waals surface area contributed by atoms with Crippen LogP contribution in [0.5, 0.6) is 5.75 Å². The zero-order chi connectivity index (χ0) is 27.5. The van der Waals surface area contributed by atoms with E-state index in [9.17, 15) is 4.79 Å². The monoisotopic (exact) mass is 609 g/mol. The number of anilines is 2. The summed E-state index contributed by atoms with van der Waals surface area (Å²) in [5, 5.41) is 2.82. The van der Waals surface area contributed by atoms with Crippen LogP contribution in [0.15, 0.2) is 85.5 Å². The van der Waals surface area contributed by atoms with Crippen LogP contribution in [0.4, 0.5) is 16.2 Å². The van der Waals surface area contributed by atoms with Crippen LogP contribution in [-0.2, 0) is 0 Å². The highest BCUT2D eigenvalue weighted by atomic mass is 35.5. The second-order valence-electron chi connectivity index (χ2n) is 8.28. The third kappa shape index (κ3) is 9.34. The number of carbonyl (C=O) groups excluding carboxylic acids is 1. The predicted octanol–water partition coefficient (Wildman–Crippen LogP) is 4.73. The maximum absolute atomic E-state index is 12.3. The number of imidazole rings is 1. The molecule has 0 atom stereocenters. The van der Waals surface area contributed by atoms with E-state index in [0.29, 0.717) is 33.9 Å². The molecule has 0 aliphatic heterocycles. The second kappa shape index (κ2) is 16.2. The van der Waals surface area contributed by atoms with E-state index >= 15 is 0 Å². The van der Waals surface area contributed by atoms with Crippen molar-refractivity contribution >= 4 is 52.2 Å². The van der Waals surface area contributed by atoms with Crippen molar-refractivity contribution in [3.05, 3.63) is 106 Å². The van der Waals surface area contributed by atoms with Crippen molar-refractivity contribution in [2.75, 3.05) is 24.7 Å². The summed E-state index contributed by atoms with van der Waals surface area (Å²) in [4.78, 5) is 17.9. The second-order valence-corrected chi connectivity index (χ2v) is 9.53. The Morgan fingerprint density at radius 1 is 1.03 bits per heavy atom. The molecule has 4 aromatic rings. The number of rotatable bonds is 8. The summed E-state index contributed by atoms with van der Waals surface area (Å²) < 4.78 is 7.05. The van der Waals surface area contributed by atoms with Crippen LogP contribution in [0, 0.1) is 6.92 Å². The Morgan fingerprint density at radius 2 is 1.67 bits per heavy atom. The molecule has 0 aliphatic carbocycles. The summed E-state index contributed by atoms with van der Waals surface area (Å²) in [6.07, 6.45) is 5.48. The first-order chi connectivity index (χ1) is 18.3. The number of para-hydroxylation sites is 2. The van der Waals surface area contributed by atoms with Crippen LogP contribution in [0.25, 0.3) is 0 Å². The molecule has 0 bridgehead atoms. The molecular weight excluding hydrogens is 580 g/mol. The summed E-state index contributed by atoms with van der Waals surface area (Å²) in [5.74, 6) is 6.42. The number of aryl methyl sites for hydroxylation is 1. The Labute approximate surface area is 251 Å². The van der Waals surface area contributed by atoms with Gasteiger partial charge in [0, 0.05) is 24.0 Å². The summed E-state index contributed by atoms with van der Waals surface area (Å²) in [6.45, 7) is 5.34. The van der Waals surface area contributed by atoms with Gasteiger partial charge in [0.2, 0.25) is 0 Å². The quantitative estimate of drug-likeness (QED) is 0.231. The molecule has 0 aliphatic rings. The molecule has 0 unspecified atom stereocenters. The summed E-state index contributed by atoms with van der Waals surface area (Å²) in [7, 11) is 0. The van der Waals surface area contributed by atoms with Crippen LogP contribution in [-0.4, -0.2) is 40.2 Å². The largest absolute Gasteiger partial charge is 1.00 e. The standard InChI is InChI=1S/C15H16Cl3N3O2.C13H14N2.ClH/c1-2-4-20(15(22)21-5-3-19-10-21)6-7-23-14-12(17)8-11(16)9-13(14)18;1-11-7-5-6-10-13(11)15(14)12-8-3-2-4-9-12;/h3,5,8-10H,2,4,6-7H2,1H3;2-10H,14H2,1H3;1H. The fraction of sp³-hybridized carbons (Fsp3) is 0.214. The van der Waals surface area contributed by atoms with Crippen molar-refractivity contribution in [1.29, 1.82) is 0 Å². The Balaban J connectivity index is 0.000000410. The van der Waals surface area contributed by atoms with Crippen molar-refractivity contribution < 1.29 is 23.4 Å². The molecule has 1 aromatic heterocycles. The van der Waals surface area contributed by atoms with Gasteiger partial charge in [0.1, 0.15) is 12.9 Å². The first kappa shape index (κ1) is 32.3. The van der Waals surface area contributed by atoms with Crippen LogP contribution >= 0.6 is 34.8 Å². The van der Waals surface area contributed by atoms with E-state index < -0.39 is 0 Å². The van der Waals surface area contributed by atoms with Crippen LogP contribution in [0.1, 0.15) is 20.3 Å². The number of hydrogen-bond donors (Lipinski definition) is 1. The van der Waals surface area contributed by atoms with E-state index in [0.717, 1.165) is 17.8 Å². The van der Waals surface area contributed by atoms with E-state index in [1.165, 1.54) is 16.5 Å². The van der Waals surface area contributed by atoms with Crippen molar-refractivity contribution in [3.8, 4) is 5.75 Å². The number of halogens is 4. The highest BCUT2D eigenvalue weighted by molar-refractivity contribution is 6.40. The molecule has 11 heteroatoms. The van der Waals surface area contributed by atoms with Gasteiger partial charge in [-0.05, 0) is 49.2 Å². The lowest BCUT2D eigenvalue weighted by atomic mass is 10.2. The molecule has 39 heavy (non-hydrogen) atoms. The number of hydrogen-bond acceptors (Lipinski definition) is 5. The Bertz CT molecular complexity index is 1290. The minimum Gasteiger partial charge on any atom is -1.00 e.